The average molecular weight is 1050 g/mol. The number of carbonyl (C=O) groups is 4. The van der Waals surface area contributed by atoms with Crippen LogP contribution in [0.15, 0.2) is 97.1 Å². The lowest BCUT2D eigenvalue weighted by Crippen LogP contribution is -2.62. The first-order chi connectivity index (χ1) is 34.7. The highest BCUT2D eigenvalue weighted by atomic mass is 32.2. The molecule has 11 unspecified atom stereocenters. The number of β-lactam (4-membered cyclic amide) rings is 1. The molecule has 4 fully saturated rings. The van der Waals surface area contributed by atoms with Gasteiger partial charge >= 0.3 is 17.9 Å². The first-order valence-corrected chi connectivity index (χ1v) is 23.6. The SMILES string of the molecule is O=C(O)C1O[C@@H](Oc2cccc(-c3ccc([C@@H]4[C@@H](S(=O)C[C@H](O[C@@H]5OC(C(=O)O)[C@H](O)[C@H](O)C5O)c5ccc(F)cc5)C(=O)N4c4ccccc4)c(O[C@@H]4OC(C(=O)O)C(O)C(O)C4O)c3)c2)C(O)C(O)C1O. The third-order valence-electron chi connectivity index (χ3n) is 12.7. The molecule has 0 bridgehead atoms. The molecule has 392 valence electrons. The van der Waals surface area contributed by atoms with Crippen LogP contribution in [0.25, 0.3) is 11.1 Å². The summed E-state index contributed by atoms with van der Waals surface area (Å²) >= 11 is 0. The molecule has 4 aromatic carbocycles. The van der Waals surface area contributed by atoms with Gasteiger partial charge in [0.25, 0.3) is 0 Å². The summed E-state index contributed by atoms with van der Waals surface area (Å²) in [5, 5.41) is 123. The number of aliphatic hydroxyl groups is 9. The second kappa shape index (κ2) is 21.8. The van der Waals surface area contributed by atoms with E-state index in [2.05, 4.69) is 0 Å². The number of para-hydroxylation sites is 1. The predicted octanol–water partition coefficient (Wildman–Crippen LogP) is -2.11. The second-order valence-corrected chi connectivity index (χ2v) is 19.0. The number of carboxylic acid groups (broad SMARTS) is 3. The topological polar surface area (TPSA) is 387 Å². The molecule has 0 aromatic heterocycles. The fourth-order valence-electron chi connectivity index (χ4n) is 8.74. The molecule has 4 aliphatic heterocycles. The van der Waals surface area contributed by atoms with Crippen molar-refractivity contribution < 1.29 is 117 Å². The van der Waals surface area contributed by atoms with Gasteiger partial charge in [-0.05, 0) is 59.2 Å². The Hall–Kier alpha value is -6.08. The maximum atomic E-state index is 14.9. The Morgan fingerprint density at radius 3 is 1.64 bits per heavy atom. The summed E-state index contributed by atoms with van der Waals surface area (Å²) in [5.41, 5.74) is 0.858. The Labute approximate surface area is 413 Å². The lowest BCUT2D eigenvalue weighted by atomic mass is 9.90. The van der Waals surface area contributed by atoms with E-state index in [0.29, 0.717) is 0 Å². The van der Waals surface area contributed by atoms with Crippen LogP contribution >= 0.6 is 0 Å². The van der Waals surface area contributed by atoms with Crippen LogP contribution in [-0.2, 0) is 48.9 Å². The number of amides is 1. The Balaban J connectivity index is 1.18. The Morgan fingerprint density at radius 2 is 1.10 bits per heavy atom. The minimum absolute atomic E-state index is 0.0129. The van der Waals surface area contributed by atoms with E-state index in [-0.39, 0.29) is 39.4 Å². The van der Waals surface area contributed by atoms with Crippen molar-refractivity contribution in [3.05, 3.63) is 114 Å². The summed E-state index contributed by atoms with van der Waals surface area (Å²) in [7, 11) is -2.41. The van der Waals surface area contributed by atoms with Crippen molar-refractivity contribution in [2.45, 2.75) is 110 Å². The molecular formula is C47H48FNO23S. The maximum absolute atomic E-state index is 14.9. The van der Waals surface area contributed by atoms with Gasteiger partial charge in [-0.2, -0.15) is 0 Å². The number of aliphatic hydroxyl groups excluding tert-OH is 9. The van der Waals surface area contributed by atoms with Crippen LogP contribution in [0.1, 0.15) is 23.3 Å². The first-order valence-electron chi connectivity index (χ1n) is 22.2. The highest BCUT2D eigenvalue weighted by Gasteiger charge is 2.56. The lowest BCUT2D eigenvalue weighted by Gasteiger charge is -2.47. The monoisotopic (exact) mass is 1050 g/mol. The molecule has 26 heteroatoms. The van der Waals surface area contributed by atoms with Gasteiger partial charge in [0.1, 0.15) is 77.5 Å². The first kappa shape index (κ1) is 53.2. The zero-order valence-corrected chi connectivity index (χ0v) is 38.2. The zero-order valence-electron chi connectivity index (χ0n) is 37.4. The third-order valence-corrected chi connectivity index (χ3v) is 14.3. The quantitative estimate of drug-likeness (QED) is 0.0534. The molecule has 24 nitrogen and oxygen atoms in total. The van der Waals surface area contributed by atoms with Crippen molar-refractivity contribution in [3.63, 3.8) is 0 Å². The molecule has 4 heterocycles. The largest absolute Gasteiger partial charge is 0.479 e. The predicted molar refractivity (Wildman–Crippen MR) is 240 cm³/mol. The third kappa shape index (κ3) is 10.7. The van der Waals surface area contributed by atoms with Gasteiger partial charge in [-0.3, -0.25) is 9.00 Å². The smallest absolute Gasteiger partial charge is 0.335 e. The van der Waals surface area contributed by atoms with Gasteiger partial charge in [0.15, 0.2) is 24.6 Å². The number of benzene rings is 4. The lowest BCUT2D eigenvalue weighted by molar-refractivity contribution is -0.303. The molecule has 0 spiro atoms. The summed E-state index contributed by atoms with van der Waals surface area (Å²) in [5.74, 6) is -7.63. The van der Waals surface area contributed by atoms with Crippen LogP contribution in [0.5, 0.6) is 11.5 Å². The van der Waals surface area contributed by atoms with E-state index >= 15 is 0 Å². The molecule has 4 aromatic rings. The van der Waals surface area contributed by atoms with E-state index in [1.807, 2.05) is 0 Å². The minimum Gasteiger partial charge on any atom is -0.479 e. The van der Waals surface area contributed by atoms with Crippen LogP contribution in [-0.4, -0.2) is 192 Å². The van der Waals surface area contributed by atoms with Gasteiger partial charge in [0.05, 0.1) is 17.9 Å². The van der Waals surface area contributed by atoms with Crippen LogP contribution in [0.2, 0.25) is 0 Å². The van der Waals surface area contributed by atoms with E-state index in [9.17, 15) is 89.1 Å². The van der Waals surface area contributed by atoms with E-state index in [4.69, 9.17) is 28.4 Å². The number of carbonyl (C=O) groups excluding carboxylic acids is 1. The van der Waals surface area contributed by atoms with E-state index in [1.165, 1.54) is 59.5 Å². The summed E-state index contributed by atoms with van der Waals surface area (Å²) < 4.78 is 63.0. The van der Waals surface area contributed by atoms with Crippen LogP contribution in [0.3, 0.4) is 0 Å². The van der Waals surface area contributed by atoms with Crippen molar-refractivity contribution in [2.24, 2.45) is 0 Å². The highest BCUT2D eigenvalue weighted by molar-refractivity contribution is 7.86. The number of ether oxygens (including phenoxy) is 6. The van der Waals surface area contributed by atoms with Gasteiger partial charge < -0.3 is 94.6 Å². The molecule has 8 rings (SSSR count). The highest BCUT2D eigenvalue weighted by Crippen LogP contribution is 2.47. The van der Waals surface area contributed by atoms with Crippen molar-refractivity contribution in [1.82, 2.24) is 0 Å². The van der Waals surface area contributed by atoms with Crippen LogP contribution in [0, 0.1) is 5.82 Å². The van der Waals surface area contributed by atoms with Crippen LogP contribution < -0.4 is 14.4 Å². The Bertz CT molecular complexity index is 2690. The zero-order chi connectivity index (χ0) is 52.7. The summed E-state index contributed by atoms with van der Waals surface area (Å²) in [6.45, 7) is 0. The summed E-state index contributed by atoms with van der Waals surface area (Å²) in [6.07, 6.45) is -32.2. The molecule has 4 aliphatic rings. The molecule has 73 heavy (non-hydrogen) atoms. The Morgan fingerprint density at radius 1 is 0.589 bits per heavy atom. The second-order valence-electron chi connectivity index (χ2n) is 17.4. The van der Waals surface area contributed by atoms with Gasteiger partial charge in [-0.15, -0.1) is 0 Å². The van der Waals surface area contributed by atoms with Crippen molar-refractivity contribution in [2.75, 3.05) is 10.7 Å². The molecule has 1 amide bonds. The minimum atomic E-state index is -2.41. The fraction of sp³-hybridized carbons (Fsp3) is 0.404. The molecule has 19 atom stereocenters. The van der Waals surface area contributed by atoms with E-state index < -0.39 is 156 Å². The molecule has 0 saturated carbocycles. The Kier molecular flexibility index (Phi) is 15.9. The van der Waals surface area contributed by atoms with Crippen LogP contribution in [0.4, 0.5) is 10.1 Å². The number of nitrogens with zero attached hydrogens (tertiary/aromatic N) is 1. The van der Waals surface area contributed by atoms with Crippen molar-refractivity contribution in [1.29, 1.82) is 0 Å². The number of hydrogen-bond donors (Lipinski definition) is 12. The fourth-order valence-corrected chi connectivity index (χ4v) is 10.4. The standard InChI is InChI=1S/C47H48FNO23S/c48-21-12-9-18(10-13-21)26(69-47-36(58)30(52)33(55)39(72-47)44(64)65)17-73(66)40-27(49(41(40)59)22-6-2-1-3-7-22)24-14-11-20(16-25(24)68-46-35(57)29(51)32(54)38(71-46)43(62)63)19-5-4-8-23(15-19)67-45-34(56)28(50)31(53)37(70-45)42(60)61/h1-16,26-40,45-47,50-58H,17H2,(H,60,61)(H,62,63)(H,64,65)/t26-,27+,28?,29?,30-,31?,32?,33+,34?,35?,36?,37?,38?,39?,40+,45+,46+,47+,73?/m0/s1. The number of rotatable bonds is 16. The number of aliphatic carboxylic acids is 3. The van der Waals surface area contributed by atoms with Gasteiger partial charge in [0.2, 0.25) is 18.5 Å². The van der Waals surface area contributed by atoms with Crippen molar-refractivity contribution in [3.8, 4) is 22.6 Å². The molecule has 0 aliphatic carbocycles. The van der Waals surface area contributed by atoms with Gasteiger partial charge in [-0.25, -0.2) is 18.8 Å². The molecule has 4 saturated heterocycles. The molecule has 12 N–H and O–H groups in total. The molecular weight excluding hydrogens is 998 g/mol. The average Bonchev–Trinajstić information content (AvgIpc) is 3.36. The number of carboxylic acids is 3. The summed E-state index contributed by atoms with van der Waals surface area (Å²) in [6, 6.07) is 21.0. The molecule has 0 radical (unpaired) electrons. The number of anilines is 1. The van der Waals surface area contributed by atoms with Gasteiger partial charge in [-0.1, -0.05) is 54.6 Å². The number of hydrogen-bond acceptors (Lipinski definition) is 20. The van der Waals surface area contributed by atoms with Gasteiger partial charge in [0, 0.05) is 22.1 Å². The maximum Gasteiger partial charge on any atom is 0.335 e. The van der Waals surface area contributed by atoms with Crippen molar-refractivity contribution >= 4 is 40.3 Å². The number of halogens is 1. The summed E-state index contributed by atoms with van der Waals surface area (Å²) in [4.78, 5) is 51.5. The normalized spacial score (nSPS) is 34.2. The van der Waals surface area contributed by atoms with E-state index in [1.54, 1.807) is 30.3 Å². The van der Waals surface area contributed by atoms with E-state index in [0.717, 1.165) is 12.1 Å².